The van der Waals surface area contributed by atoms with Crippen molar-refractivity contribution in [2.75, 3.05) is 20.8 Å². The van der Waals surface area contributed by atoms with Gasteiger partial charge < -0.3 is 23.7 Å². The molecule has 2 saturated heterocycles. The quantitative estimate of drug-likeness (QED) is 0.764. The lowest BCUT2D eigenvalue weighted by atomic mass is 9.98. The first-order chi connectivity index (χ1) is 13.7. The predicted octanol–water partition coefficient (Wildman–Crippen LogP) is 2.66. The Morgan fingerprint density at radius 2 is 1.54 bits per heavy atom. The number of hydrogen-bond donors (Lipinski definition) is 0. The molecule has 2 aromatic carbocycles. The van der Waals surface area contributed by atoms with Crippen LogP contribution in [0.5, 0.6) is 0 Å². The molecule has 2 aromatic rings. The van der Waals surface area contributed by atoms with Gasteiger partial charge >= 0.3 is 0 Å². The molecule has 28 heavy (non-hydrogen) atoms. The maximum Gasteiger partial charge on any atom is 0.184 e. The monoisotopic (exact) mass is 404 g/mol. The zero-order valence-electron chi connectivity index (χ0n) is 15.8. The number of hydrogen-bond acceptors (Lipinski definition) is 6. The van der Waals surface area contributed by atoms with Gasteiger partial charge in [-0.15, -0.1) is 0 Å². The minimum absolute atomic E-state index is 0.322. The van der Waals surface area contributed by atoms with Gasteiger partial charge in [-0.3, -0.25) is 4.21 Å². The highest BCUT2D eigenvalue weighted by Gasteiger charge is 2.52. The molecule has 0 radical (unpaired) electrons. The smallest absolute Gasteiger partial charge is 0.184 e. The Labute approximate surface area is 167 Å². The summed E-state index contributed by atoms with van der Waals surface area (Å²) < 4.78 is 42.8. The minimum Gasteiger partial charge on any atom is -0.376 e. The van der Waals surface area contributed by atoms with Crippen LogP contribution < -0.4 is 0 Å². The van der Waals surface area contributed by atoms with Crippen LogP contribution in [0.4, 0.5) is 0 Å². The van der Waals surface area contributed by atoms with E-state index in [1.807, 2.05) is 60.7 Å². The van der Waals surface area contributed by atoms with Crippen molar-refractivity contribution in [2.24, 2.45) is 0 Å². The van der Waals surface area contributed by atoms with Gasteiger partial charge in [0.05, 0.1) is 17.4 Å². The Morgan fingerprint density at radius 3 is 2.18 bits per heavy atom. The summed E-state index contributed by atoms with van der Waals surface area (Å²) >= 11 is 0. The second-order valence-corrected chi connectivity index (χ2v) is 8.26. The van der Waals surface area contributed by atoms with Crippen molar-refractivity contribution >= 4 is 10.8 Å². The van der Waals surface area contributed by atoms with Crippen LogP contribution in [-0.2, 0) is 34.5 Å². The van der Waals surface area contributed by atoms with E-state index in [0.717, 1.165) is 5.56 Å². The zero-order chi connectivity index (χ0) is 19.5. The summed E-state index contributed by atoms with van der Waals surface area (Å²) in [6.45, 7) is 0.322. The zero-order valence-corrected chi connectivity index (χ0v) is 16.6. The lowest BCUT2D eigenvalue weighted by Gasteiger charge is -2.48. The van der Waals surface area contributed by atoms with Gasteiger partial charge in [0.25, 0.3) is 0 Å². The van der Waals surface area contributed by atoms with Crippen molar-refractivity contribution < 1.29 is 27.9 Å². The van der Waals surface area contributed by atoms with Gasteiger partial charge in [-0.05, 0) is 12.1 Å². The molecule has 0 N–H and O–H groups in total. The molecule has 2 aliphatic heterocycles. The van der Waals surface area contributed by atoms with E-state index in [4.69, 9.17) is 23.7 Å². The number of methoxy groups -OCH3 is 2. The van der Waals surface area contributed by atoms with Crippen LogP contribution >= 0.6 is 0 Å². The van der Waals surface area contributed by atoms with Crippen molar-refractivity contribution in [1.82, 2.24) is 0 Å². The second kappa shape index (κ2) is 8.82. The number of fused-ring (bicyclic) bond motifs is 1. The molecule has 7 atom stereocenters. The van der Waals surface area contributed by atoms with E-state index in [9.17, 15) is 4.21 Å². The van der Waals surface area contributed by atoms with E-state index in [2.05, 4.69) is 0 Å². The molecule has 2 heterocycles. The molecular weight excluding hydrogens is 380 g/mol. The predicted molar refractivity (Wildman–Crippen MR) is 103 cm³/mol. The van der Waals surface area contributed by atoms with Gasteiger partial charge in [0.15, 0.2) is 11.7 Å². The molecule has 2 unspecified atom stereocenters. The van der Waals surface area contributed by atoms with Crippen LogP contribution in [0.2, 0.25) is 0 Å². The lowest BCUT2D eigenvalue weighted by Crippen LogP contribution is -2.63. The highest BCUT2D eigenvalue weighted by atomic mass is 32.2. The summed E-state index contributed by atoms with van der Waals surface area (Å²) in [6, 6.07) is 19.0. The first-order valence-electron chi connectivity index (χ1n) is 9.21. The second-order valence-electron chi connectivity index (χ2n) is 6.73. The van der Waals surface area contributed by atoms with E-state index >= 15 is 0 Å². The average Bonchev–Trinajstić information content (AvgIpc) is 2.78. The third kappa shape index (κ3) is 3.78. The van der Waals surface area contributed by atoms with Gasteiger partial charge in [0, 0.05) is 24.7 Å². The van der Waals surface area contributed by atoms with Gasteiger partial charge in [-0.25, -0.2) is 0 Å². The van der Waals surface area contributed by atoms with E-state index in [-0.39, 0.29) is 0 Å². The fraction of sp³-hybridized carbons (Fsp3) is 0.429. The summed E-state index contributed by atoms with van der Waals surface area (Å²) in [5.74, 6) is 0. The van der Waals surface area contributed by atoms with Crippen LogP contribution in [0.1, 0.15) is 11.9 Å². The molecule has 0 spiro atoms. The first-order valence-corrected chi connectivity index (χ1v) is 10.4. The topological polar surface area (TPSA) is 63.2 Å². The van der Waals surface area contributed by atoms with Crippen LogP contribution in [0.3, 0.4) is 0 Å². The van der Waals surface area contributed by atoms with Crippen LogP contribution in [0, 0.1) is 0 Å². The summed E-state index contributed by atoms with van der Waals surface area (Å²) in [6.07, 6.45) is -2.26. The van der Waals surface area contributed by atoms with E-state index in [0.29, 0.717) is 11.5 Å². The summed E-state index contributed by atoms with van der Waals surface area (Å²) in [5.41, 5.74) is 0.249. The molecule has 2 fully saturated rings. The van der Waals surface area contributed by atoms with Crippen LogP contribution in [0.15, 0.2) is 65.6 Å². The van der Waals surface area contributed by atoms with Crippen LogP contribution in [-0.4, -0.2) is 54.9 Å². The molecule has 0 aliphatic carbocycles. The Balaban J connectivity index is 1.57. The van der Waals surface area contributed by atoms with Crippen LogP contribution in [0.25, 0.3) is 0 Å². The number of ether oxygens (including phenoxy) is 5. The molecule has 0 bridgehead atoms. The maximum atomic E-state index is 13.2. The Kier molecular flexibility index (Phi) is 6.20. The summed E-state index contributed by atoms with van der Waals surface area (Å²) in [7, 11) is 1.76. The molecule has 0 saturated carbocycles. The standard InChI is InChI=1S/C21H24O6S/c1-23-18-17-16(13-25-20(27-17)14-9-5-3-6-10-14)26-21(19(18)24-2)28(22)15-11-7-4-8-12-15/h3-12,16-21H,13H2,1-2H3/t16-,17-,18+,19+,20-,21?,28?/m1/s1. The third-order valence-electron chi connectivity index (χ3n) is 5.09. The Morgan fingerprint density at radius 1 is 0.893 bits per heavy atom. The van der Waals surface area contributed by atoms with Crippen molar-refractivity contribution in [1.29, 1.82) is 0 Å². The third-order valence-corrected chi connectivity index (χ3v) is 6.62. The lowest BCUT2D eigenvalue weighted by molar-refractivity contribution is -0.323. The Bertz CT molecular complexity index is 786. The highest BCUT2D eigenvalue weighted by Crippen LogP contribution is 2.37. The largest absolute Gasteiger partial charge is 0.376 e. The number of rotatable bonds is 5. The fourth-order valence-electron chi connectivity index (χ4n) is 3.70. The average molecular weight is 404 g/mol. The Hall–Kier alpha value is -1.61. The molecule has 7 heteroatoms. The minimum atomic E-state index is -1.42. The van der Waals surface area contributed by atoms with Gasteiger partial charge in [0.2, 0.25) is 0 Å². The molecule has 150 valence electrons. The molecule has 2 aliphatic rings. The van der Waals surface area contributed by atoms with Crippen molar-refractivity contribution in [3.63, 3.8) is 0 Å². The van der Waals surface area contributed by atoms with Gasteiger partial charge in [-0.2, -0.15) is 0 Å². The maximum absolute atomic E-state index is 13.2. The normalized spacial score (nSPS) is 33.8. The molecule has 0 aromatic heterocycles. The van der Waals surface area contributed by atoms with E-state index < -0.39 is 46.9 Å². The van der Waals surface area contributed by atoms with Crippen molar-refractivity contribution in [3.8, 4) is 0 Å². The molecular formula is C21H24O6S. The van der Waals surface area contributed by atoms with Crippen molar-refractivity contribution in [3.05, 3.63) is 66.2 Å². The highest BCUT2D eigenvalue weighted by molar-refractivity contribution is 7.85. The summed E-state index contributed by atoms with van der Waals surface area (Å²) in [5, 5.41) is 0. The van der Waals surface area contributed by atoms with Gasteiger partial charge in [0.1, 0.15) is 24.4 Å². The fourth-order valence-corrected chi connectivity index (χ4v) is 5.15. The molecule has 0 amide bonds. The first kappa shape index (κ1) is 19.7. The van der Waals surface area contributed by atoms with Crippen molar-refractivity contribution in [2.45, 2.75) is 41.0 Å². The van der Waals surface area contributed by atoms with E-state index in [1.165, 1.54) is 0 Å². The molecule has 6 nitrogen and oxygen atoms in total. The van der Waals surface area contributed by atoms with E-state index in [1.54, 1.807) is 14.2 Å². The molecule has 4 rings (SSSR count). The van der Waals surface area contributed by atoms with Gasteiger partial charge in [-0.1, -0.05) is 48.5 Å². The number of benzene rings is 2. The summed E-state index contributed by atoms with van der Waals surface area (Å²) in [4.78, 5) is 0.683. The SMILES string of the molecule is CO[C@H]1[C@@H]2O[C@H](c3ccccc3)OC[C@H]2OC(S(=O)c2ccccc2)[C@H]1OC.